The van der Waals surface area contributed by atoms with Crippen LogP contribution in [0.2, 0.25) is 0 Å². The molecule has 0 aromatic heterocycles. The third kappa shape index (κ3) is 3.18. The van der Waals surface area contributed by atoms with Crippen LogP contribution in [0.25, 0.3) is 0 Å². The number of likely N-dealkylation sites (N-methyl/N-ethyl adjacent to an activating group) is 1. The highest BCUT2D eigenvalue weighted by Crippen LogP contribution is 2.17. The zero-order valence-electron chi connectivity index (χ0n) is 7.57. The molecule has 62 valence electrons. The molecule has 0 aromatic rings. The SMILES string of the molecule is CCNC(CN)C(C)(C)C. The third-order valence-electron chi connectivity index (χ3n) is 1.73. The fraction of sp³-hybridized carbons (Fsp3) is 1.00. The minimum absolute atomic E-state index is 0.282. The van der Waals surface area contributed by atoms with Gasteiger partial charge in [0.1, 0.15) is 0 Å². The number of nitrogens with one attached hydrogen (secondary N) is 1. The molecule has 1 unspecified atom stereocenters. The van der Waals surface area contributed by atoms with Crippen LogP contribution >= 0.6 is 0 Å². The highest BCUT2D eigenvalue weighted by atomic mass is 14.9. The van der Waals surface area contributed by atoms with Gasteiger partial charge in [0.25, 0.3) is 0 Å². The molecule has 0 aliphatic heterocycles. The van der Waals surface area contributed by atoms with Crippen LogP contribution in [0.3, 0.4) is 0 Å². The van der Waals surface area contributed by atoms with Gasteiger partial charge >= 0.3 is 0 Å². The van der Waals surface area contributed by atoms with Gasteiger partial charge in [0.05, 0.1) is 0 Å². The van der Waals surface area contributed by atoms with Gasteiger partial charge in [-0.3, -0.25) is 0 Å². The van der Waals surface area contributed by atoms with Crippen LogP contribution in [0, 0.1) is 5.41 Å². The number of rotatable bonds is 3. The lowest BCUT2D eigenvalue weighted by Crippen LogP contribution is -2.45. The summed E-state index contributed by atoms with van der Waals surface area (Å²) < 4.78 is 0. The average molecular weight is 144 g/mol. The summed E-state index contributed by atoms with van der Waals surface area (Å²) in [7, 11) is 0. The van der Waals surface area contributed by atoms with E-state index in [1.165, 1.54) is 0 Å². The molecule has 0 spiro atoms. The Bertz CT molecular complexity index is 83.7. The molecular weight excluding hydrogens is 124 g/mol. The van der Waals surface area contributed by atoms with Gasteiger partial charge in [-0.1, -0.05) is 27.7 Å². The molecule has 2 heteroatoms. The zero-order valence-corrected chi connectivity index (χ0v) is 7.57. The van der Waals surface area contributed by atoms with E-state index >= 15 is 0 Å². The molecule has 0 heterocycles. The largest absolute Gasteiger partial charge is 0.329 e. The van der Waals surface area contributed by atoms with Crippen LogP contribution in [0.5, 0.6) is 0 Å². The van der Waals surface area contributed by atoms with Crippen LogP contribution in [0.1, 0.15) is 27.7 Å². The summed E-state index contributed by atoms with van der Waals surface area (Å²) in [6, 6.07) is 0.442. The molecule has 0 aliphatic carbocycles. The van der Waals surface area contributed by atoms with E-state index < -0.39 is 0 Å². The van der Waals surface area contributed by atoms with Crippen LogP contribution in [0.15, 0.2) is 0 Å². The summed E-state index contributed by atoms with van der Waals surface area (Å²) in [6.07, 6.45) is 0. The van der Waals surface area contributed by atoms with E-state index in [1.807, 2.05) is 0 Å². The molecule has 2 nitrogen and oxygen atoms in total. The normalized spacial score (nSPS) is 15.3. The molecule has 0 aliphatic rings. The van der Waals surface area contributed by atoms with Gasteiger partial charge in [-0.05, 0) is 12.0 Å². The van der Waals surface area contributed by atoms with Crippen molar-refractivity contribution in [2.75, 3.05) is 13.1 Å². The molecule has 0 rings (SSSR count). The third-order valence-corrected chi connectivity index (χ3v) is 1.73. The number of nitrogens with two attached hydrogens (primary N) is 1. The minimum Gasteiger partial charge on any atom is -0.329 e. The van der Waals surface area contributed by atoms with E-state index in [0.717, 1.165) is 13.1 Å². The van der Waals surface area contributed by atoms with Crippen LogP contribution in [-0.4, -0.2) is 19.1 Å². The predicted molar refractivity (Wildman–Crippen MR) is 46.0 cm³/mol. The molecular formula is C8H20N2. The smallest absolute Gasteiger partial charge is 0.0238 e. The van der Waals surface area contributed by atoms with Gasteiger partial charge in [0, 0.05) is 12.6 Å². The summed E-state index contributed by atoms with van der Waals surface area (Å²) in [6.45, 7) is 10.4. The standard InChI is InChI=1S/C8H20N2/c1-5-10-7(6-9)8(2,3)4/h7,10H,5-6,9H2,1-4H3. The molecule has 0 aromatic carbocycles. The zero-order chi connectivity index (χ0) is 8.20. The fourth-order valence-corrected chi connectivity index (χ4v) is 0.989. The Morgan fingerprint density at radius 3 is 2.00 bits per heavy atom. The lowest BCUT2D eigenvalue weighted by Gasteiger charge is -2.30. The van der Waals surface area contributed by atoms with Crippen molar-refractivity contribution in [3.05, 3.63) is 0 Å². The molecule has 0 saturated heterocycles. The van der Waals surface area contributed by atoms with Crippen molar-refractivity contribution in [3.63, 3.8) is 0 Å². The van der Waals surface area contributed by atoms with Crippen molar-refractivity contribution in [2.45, 2.75) is 33.7 Å². The van der Waals surface area contributed by atoms with E-state index in [0.29, 0.717) is 6.04 Å². The molecule has 10 heavy (non-hydrogen) atoms. The maximum atomic E-state index is 5.58. The van der Waals surface area contributed by atoms with Gasteiger partial charge in [0.2, 0.25) is 0 Å². The monoisotopic (exact) mass is 144 g/mol. The van der Waals surface area contributed by atoms with Crippen molar-refractivity contribution in [3.8, 4) is 0 Å². The van der Waals surface area contributed by atoms with Gasteiger partial charge in [-0.15, -0.1) is 0 Å². The lowest BCUT2D eigenvalue weighted by atomic mass is 9.87. The Morgan fingerprint density at radius 2 is 1.90 bits per heavy atom. The van der Waals surface area contributed by atoms with Crippen LogP contribution in [-0.2, 0) is 0 Å². The molecule has 0 bridgehead atoms. The van der Waals surface area contributed by atoms with E-state index in [1.54, 1.807) is 0 Å². The first-order valence-corrected chi connectivity index (χ1v) is 3.95. The molecule has 3 N–H and O–H groups in total. The van der Waals surface area contributed by atoms with Gasteiger partial charge in [0.15, 0.2) is 0 Å². The summed E-state index contributed by atoms with van der Waals surface area (Å²) in [4.78, 5) is 0. The molecule has 1 atom stereocenters. The predicted octanol–water partition coefficient (Wildman–Crippen LogP) is 0.969. The van der Waals surface area contributed by atoms with E-state index in [2.05, 4.69) is 33.0 Å². The van der Waals surface area contributed by atoms with Gasteiger partial charge in [-0.2, -0.15) is 0 Å². The Balaban J connectivity index is 3.81. The first-order chi connectivity index (χ1) is 4.52. The van der Waals surface area contributed by atoms with Crippen LogP contribution in [0.4, 0.5) is 0 Å². The second kappa shape index (κ2) is 3.94. The van der Waals surface area contributed by atoms with E-state index in [9.17, 15) is 0 Å². The Kier molecular flexibility index (Phi) is 3.91. The Morgan fingerprint density at radius 1 is 1.40 bits per heavy atom. The molecule has 0 fully saturated rings. The Hall–Kier alpha value is -0.0800. The first-order valence-electron chi connectivity index (χ1n) is 3.95. The van der Waals surface area contributed by atoms with Gasteiger partial charge in [-0.25, -0.2) is 0 Å². The second-order valence-corrected chi connectivity index (χ2v) is 3.71. The number of hydrogen-bond donors (Lipinski definition) is 2. The topological polar surface area (TPSA) is 38.0 Å². The van der Waals surface area contributed by atoms with Crippen LogP contribution < -0.4 is 11.1 Å². The van der Waals surface area contributed by atoms with Crippen molar-refractivity contribution in [2.24, 2.45) is 11.1 Å². The van der Waals surface area contributed by atoms with E-state index in [4.69, 9.17) is 5.73 Å². The maximum absolute atomic E-state index is 5.58. The van der Waals surface area contributed by atoms with Crippen molar-refractivity contribution in [1.29, 1.82) is 0 Å². The first kappa shape index (κ1) is 9.92. The van der Waals surface area contributed by atoms with Crippen molar-refractivity contribution in [1.82, 2.24) is 5.32 Å². The molecule has 0 amide bonds. The molecule has 0 radical (unpaired) electrons. The quantitative estimate of drug-likeness (QED) is 0.619. The summed E-state index contributed by atoms with van der Waals surface area (Å²) >= 11 is 0. The highest BCUT2D eigenvalue weighted by Gasteiger charge is 2.21. The lowest BCUT2D eigenvalue weighted by molar-refractivity contribution is 0.278. The Labute approximate surface area is 64.2 Å². The summed E-state index contributed by atoms with van der Waals surface area (Å²) in [5.74, 6) is 0. The minimum atomic E-state index is 0.282. The maximum Gasteiger partial charge on any atom is 0.0238 e. The second-order valence-electron chi connectivity index (χ2n) is 3.71. The molecule has 0 saturated carbocycles. The van der Waals surface area contributed by atoms with Crippen molar-refractivity contribution < 1.29 is 0 Å². The van der Waals surface area contributed by atoms with E-state index in [-0.39, 0.29) is 5.41 Å². The summed E-state index contributed by atoms with van der Waals surface area (Å²) in [5.41, 5.74) is 5.86. The fourth-order valence-electron chi connectivity index (χ4n) is 0.989. The average Bonchev–Trinajstić information content (AvgIpc) is 1.80. The van der Waals surface area contributed by atoms with Crippen molar-refractivity contribution >= 4 is 0 Å². The summed E-state index contributed by atoms with van der Waals surface area (Å²) in [5, 5.41) is 3.35. The van der Waals surface area contributed by atoms with Gasteiger partial charge < -0.3 is 11.1 Å². The number of hydrogen-bond acceptors (Lipinski definition) is 2. The highest BCUT2D eigenvalue weighted by molar-refractivity contribution is 4.80.